The Hall–Kier alpha value is -2.83. The highest BCUT2D eigenvalue weighted by molar-refractivity contribution is 6.08. The molecule has 0 aliphatic carbocycles. The highest BCUT2D eigenvalue weighted by Crippen LogP contribution is 2.35. The molecule has 0 bridgehead atoms. The van der Waals surface area contributed by atoms with Gasteiger partial charge in [0.05, 0.1) is 16.8 Å². The van der Waals surface area contributed by atoms with Crippen LogP contribution < -0.4 is 5.32 Å². The maximum atomic E-state index is 13.1. The predicted molar refractivity (Wildman–Crippen MR) is 110 cm³/mol. The highest BCUT2D eigenvalue weighted by Gasteiger charge is 2.36. The summed E-state index contributed by atoms with van der Waals surface area (Å²) >= 11 is 0. The van der Waals surface area contributed by atoms with E-state index in [1.807, 2.05) is 12.1 Å². The molecule has 0 saturated carbocycles. The molecule has 0 fully saturated rings. The summed E-state index contributed by atoms with van der Waals surface area (Å²) < 4.78 is 39.3. The number of carboxylic acids is 1. The van der Waals surface area contributed by atoms with Crippen LogP contribution in [0.2, 0.25) is 0 Å². The Kier molecular flexibility index (Phi) is 8.45. The normalized spacial score (nSPS) is 11.3. The predicted octanol–water partition coefficient (Wildman–Crippen LogP) is 6.56. The van der Waals surface area contributed by atoms with Crippen molar-refractivity contribution in [3.05, 3.63) is 64.7 Å². The van der Waals surface area contributed by atoms with Gasteiger partial charge in [-0.05, 0) is 42.7 Å². The van der Waals surface area contributed by atoms with Crippen LogP contribution >= 0.6 is 0 Å². The van der Waals surface area contributed by atoms with Gasteiger partial charge in [0.25, 0.3) is 5.91 Å². The summed E-state index contributed by atoms with van der Waals surface area (Å²) in [6.07, 6.45) is 3.16. The number of rotatable bonds is 10. The maximum absolute atomic E-state index is 13.1. The molecule has 0 aliphatic heterocycles. The molecule has 2 rings (SSSR count). The van der Waals surface area contributed by atoms with Gasteiger partial charge in [0, 0.05) is 5.56 Å². The minimum absolute atomic E-state index is 0.246. The zero-order valence-corrected chi connectivity index (χ0v) is 16.9. The number of aromatic carboxylic acids is 1. The van der Waals surface area contributed by atoms with Crippen LogP contribution in [0.1, 0.15) is 77.3 Å². The van der Waals surface area contributed by atoms with Crippen LogP contribution in [0, 0.1) is 0 Å². The number of hydrogen-bond donors (Lipinski definition) is 2. The quantitative estimate of drug-likeness (QED) is 0.427. The fraction of sp³-hybridized carbons (Fsp3) is 0.391. The van der Waals surface area contributed by atoms with Crippen LogP contribution in [-0.4, -0.2) is 17.0 Å². The van der Waals surface area contributed by atoms with Crippen molar-refractivity contribution >= 4 is 17.6 Å². The monoisotopic (exact) mass is 421 g/mol. The van der Waals surface area contributed by atoms with E-state index < -0.39 is 34.9 Å². The molecule has 7 heteroatoms. The lowest BCUT2D eigenvalue weighted by molar-refractivity contribution is -0.138. The molecule has 0 saturated heterocycles. The van der Waals surface area contributed by atoms with E-state index in [4.69, 9.17) is 0 Å². The maximum Gasteiger partial charge on any atom is 0.417 e. The molecule has 30 heavy (non-hydrogen) atoms. The Morgan fingerprint density at radius 2 is 1.57 bits per heavy atom. The Balaban J connectivity index is 2.04. The number of alkyl halides is 3. The SMILES string of the molecule is CCCCCCCCc1ccc(C(=O)Nc2cccc(C(F)(F)F)c2C(=O)O)cc1. The fourth-order valence-corrected chi connectivity index (χ4v) is 3.25. The summed E-state index contributed by atoms with van der Waals surface area (Å²) in [4.78, 5) is 23.8. The van der Waals surface area contributed by atoms with E-state index in [1.165, 1.54) is 25.7 Å². The van der Waals surface area contributed by atoms with Gasteiger partial charge in [0.1, 0.15) is 0 Å². The van der Waals surface area contributed by atoms with Gasteiger partial charge in [-0.25, -0.2) is 4.79 Å². The van der Waals surface area contributed by atoms with Gasteiger partial charge < -0.3 is 10.4 Å². The van der Waals surface area contributed by atoms with Gasteiger partial charge in [-0.2, -0.15) is 13.2 Å². The molecule has 0 aliphatic rings. The number of aryl methyl sites for hydroxylation is 1. The van der Waals surface area contributed by atoms with E-state index >= 15 is 0 Å². The van der Waals surface area contributed by atoms with E-state index in [1.54, 1.807) is 12.1 Å². The summed E-state index contributed by atoms with van der Waals surface area (Å²) in [5.74, 6) is -2.42. The average molecular weight is 421 g/mol. The third-order valence-corrected chi connectivity index (χ3v) is 4.87. The Bertz CT molecular complexity index is 861. The first-order valence-corrected chi connectivity index (χ1v) is 10.1. The van der Waals surface area contributed by atoms with Crippen LogP contribution in [0.15, 0.2) is 42.5 Å². The van der Waals surface area contributed by atoms with Crippen molar-refractivity contribution in [2.75, 3.05) is 5.32 Å². The van der Waals surface area contributed by atoms with Gasteiger partial charge in [-0.1, -0.05) is 57.2 Å². The summed E-state index contributed by atoms with van der Waals surface area (Å²) in [7, 11) is 0. The number of unbranched alkanes of at least 4 members (excludes halogenated alkanes) is 5. The van der Waals surface area contributed by atoms with Crippen molar-refractivity contribution in [2.24, 2.45) is 0 Å². The molecule has 2 N–H and O–H groups in total. The molecule has 0 radical (unpaired) electrons. The molecule has 4 nitrogen and oxygen atoms in total. The number of anilines is 1. The van der Waals surface area contributed by atoms with E-state index in [0.29, 0.717) is 6.07 Å². The first kappa shape index (κ1) is 23.4. The summed E-state index contributed by atoms with van der Waals surface area (Å²) in [6.45, 7) is 2.17. The van der Waals surface area contributed by atoms with Crippen molar-refractivity contribution < 1.29 is 27.9 Å². The minimum atomic E-state index is -4.84. The second-order valence-corrected chi connectivity index (χ2v) is 7.20. The number of carbonyl (C=O) groups excluding carboxylic acids is 1. The van der Waals surface area contributed by atoms with E-state index in [0.717, 1.165) is 37.0 Å². The first-order chi connectivity index (χ1) is 14.2. The third kappa shape index (κ3) is 6.61. The van der Waals surface area contributed by atoms with E-state index in [9.17, 15) is 27.9 Å². The van der Waals surface area contributed by atoms with Crippen molar-refractivity contribution in [2.45, 2.75) is 58.0 Å². The van der Waals surface area contributed by atoms with Crippen molar-refractivity contribution in [3.8, 4) is 0 Å². The topological polar surface area (TPSA) is 66.4 Å². The summed E-state index contributed by atoms with van der Waals surface area (Å²) in [6, 6.07) is 9.69. The molecule has 0 aromatic heterocycles. The smallest absolute Gasteiger partial charge is 0.417 e. The first-order valence-electron chi connectivity index (χ1n) is 10.1. The fourth-order valence-electron chi connectivity index (χ4n) is 3.25. The Morgan fingerprint density at radius 1 is 0.933 bits per heavy atom. The lowest BCUT2D eigenvalue weighted by Gasteiger charge is -2.14. The van der Waals surface area contributed by atoms with Crippen LogP contribution in [0.4, 0.5) is 18.9 Å². The standard InChI is InChI=1S/C23H26F3NO3/c1-2-3-4-5-6-7-9-16-12-14-17(15-13-16)21(28)27-19-11-8-10-18(23(24,25)26)20(19)22(29)30/h8,10-15H,2-7,9H2,1H3,(H,27,28)(H,29,30). The number of halogens is 3. The highest BCUT2D eigenvalue weighted by atomic mass is 19.4. The number of carbonyl (C=O) groups is 2. The number of amides is 1. The molecule has 162 valence electrons. The number of benzene rings is 2. The van der Waals surface area contributed by atoms with Crippen LogP contribution in [0.25, 0.3) is 0 Å². The molecule has 1 amide bonds. The van der Waals surface area contributed by atoms with Crippen LogP contribution in [-0.2, 0) is 12.6 Å². The van der Waals surface area contributed by atoms with E-state index in [-0.39, 0.29) is 5.56 Å². The number of hydrogen-bond acceptors (Lipinski definition) is 2. The van der Waals surface area contributed by atoms with Crippen molar-refractivity contribution in [3.63, 3.8) is 0 Å². The molecule has 0 atom stereocenters. The molecular weight excluding hydrogens is 395 g/mol. The largest absolute Gasteiger partial charge is 0.478 e. The van der Waals surface area contributed by atoms with Gasteiger partial charge in [-0.15, -0.1) is 0 Å². The summed E-state index contributed by atoms with van der Waals surface area (Å²) in [5.41, 5.74) is -1.35. The zero-order valence-electron chi connectivity index (χ0n) is 16.9. The molecular formula is C23H26F3NO3. The minimum Gasteiger partial charge on any atom is -0.478 e. The lowest BCUT2D eigenvalue weighted by Crippen LogP contribution is -2.19. The van der Waals surface area contributed by atoms with E-state index in [2.05, 4.69) is 12.2 Å². The van der Waals surface area contributed by atoms with Crippen molar-refractivity contribution in [1.29, 1.82) is 0 Å². The van der Waals surface area contributed by atoms with Crippen molar-refractivity contribution in [1.82, 2.24) is 0 Å². The van der Waals surface area contributed by atoms with Crippen LogP contribution in [0.5, 0.6) is 0 Å². The molecule has 2 aromatic carbocycles. The molecule has 0 unspecified atom stereocenters. The molecule has 2 aromatic rings. The average Bonchev–Trinajstić information content (AvgIpc) is 2.70. The Labute approximate surface area is 174 Å². The number of carboxylic acid groups (broad SMARTS) is 1. The van der Waals surface area contributed by atoms with Crippen LogP contribution in [0.3, 0.4) is 0 Å². The van der Waals surface area contributed by atoms with Gasteiger partial charge in [-0.3, -0.25) is 4.79 Å². The molecule has 0 heterocycles. The van der Waals surface area contributed by atoms with Gasteiger partial charge in [0.2, 0.25) is 0 Å². The lowest BCUT2D eigenvalue weighted by atomic mass is 10.0. The van der Waals surface area contributed by atoms with Gasteiger partial charge in [0.15, 0.2) is 0 Å². The Morgan fingerprint density at radius 3 is 2.17 bits per heavy atom. The number of nitrogens with one attached hydrogen (secondary N) is 1. The second kappa shape index (κ2) is 10.8. The molecule has 0 spiro atoms. The second-order valence-electron chi connectivity index (χ2n) is 7.20. The summed E-state index contributed by atoms with van der Waals surface area (Å²) in [5, 5.41) is 11.5. The zero-order chi connectivity index (χ0) is 22.1. The third-order valence-electron chi connectivity index (χ3n) is 4.87. The van der Waals surface area contributed by atoms with Gasteiger partial charge >= 0.3 is 12.1 Å².